The fourth-order valence-electron chi connectivity index (χ4n) is 6.00. The van der Waals surface area contributed by atoms with Gasteiger partial charge in [-0.1, -0.05) is 72.8 Å². The van der Waals surface area contributed by atoms with Crippen molar-refractivity contribution >= 4 is 74.9 Å². The topological polar surface area (TPSA) is 85.9 Å². The highest BCUT2D eigenvalue weighted by atomic mass is 32.1. The molecule has 0 amide bonds. The maximum Gasteiger partial charge on any atom is 0.205 e. The number of thiophene rings is 1. The first kappa shape index (κ1) is 21.2. The second kappa shape index (κ2) is 7.31. The number of aromatic hydroxyl groups is 4. The van der Waals surface area contributed by atoms with E-state index in [1.807, 2.05) is 42.5 Å². The molecule has 2 heterocycles. The summed E-state index contributed by atoms with van der Waals surface area (Å²) < 4.78 is 3.46. The normalized spacial score (nSPS) is 12.1. The molecule has 0 saturated heterocycles. The van der Waals surface area contributed by atoms with Crippen LogP contribution in [0.5, 0.6) is 23.0 Å². The Morgan fingerprint density at radius 2 is 1.05 bits per heavy atom. The Morgan fingerprint density at radius 3 is 1.79 bits per heavy atom. The van der Waals surface area contributed by atoms with E-state index in [4.69, 9.17) is 0 Å². The first-order valence-corrected chi connectivity index (χ1v) is 13.0. The van der Waals surface area contributed by atoms with Gasteiger partial charge in [-0.15, -0.1) is 11.3 Å². The monoisotopic (exact) mass is 513 g/mol. The molecule has 0 atom stereocenters. The standard InChI is InChI=1S/C32H19NO4S/c34-27-24-21-14-15-22-25(31(21)38-32(24)30(37)29(36)28(27)35)23-19-12-6-4-10-17(19)18-11-5-7-13-20(18)26(23)33(22)16-8-2-1-3-9-16/h1-15,34-37H. The summed E-state index contributed by atoms with van der Waals surface area (Å²) in [6, 6.07) is 31.0. The zero-order valence-corrected chi connectivity index (χ0v) is 20.6. The minimum Gasteiger partial charge on any atom is -0.504 e. The van der Waals surface area contributed by atoms with Crippen molar-refractivity contribution in [1.82, 2.24) is 4.57 Å². The zero-order valence-electron chi connectivity index (χ0n) is 19.8. The predicted octanol–water partition coefficient (Wildman–Crippen LogP) is 8.28. The van der Waals surface area contributed by atoms with Crippen LogP contribution in [0.2, 0.25) is 0 Å². The maximum absolute atomic E-state index is 10.8. The molecule has 5 nitrogen and oxygen atoms in total. The Morgan fingerprint density at radius 1 is 0.447 bits per heavy atom. The molecule has 6 aromatic carbocycles. The third-order valence-corrected chi connectivity index (χ3v) is 8.83. The summed E-state index contributed by atoms with van der Waals surface area (Å²) in [5, 5.41) is 49.7. The first-order valence-electron chi connectivity index (χ1n) is 12.2. The molecule has 8 rings (SSSR count). The van der Waals surface area contributed by atoms with Crippen molar-refractivity contribution in [3.63, 3.8) is 0 Å². The van der Waals surface area contributed by atoms with Gasteiger partial charge < -0.3 is 25.0 Å². The third-order valence-electron chi connectivity index (χ3n) is 7.60. The summed E-state index contributed by atoms with van der Waals surface area (Å²) in [6.07, 6.45) is 0. The zero-order chi connectivity index (χ0) is 25.7. The number of rotatable bonds is 1. The SMILES string of the molecule is Oc1c(O)c(O)c2c(sc3c2ccc2c3c3c4ccccc4c4ccccc4c3n2-c2ccccc2)c1O. The number of phenols is 4. The van der Waals surface area contributed by atoms with Crippen molar-refractivity contribution < 1.29 is 20.4 Å². The lowest BCUT2D eigenvalue weighted by atomic mass is 9.96. The van der Waals surface area contributed by atoms with E-state index in [0.717, 1.165) is 53.7 Å². The van der Waals surface area contributed by atoms with Crippen LogP contribution in [0.25, 0.3) is 69.2 Å². The van der Waals surface area contributed by atoms with Gasteiger partial charge in [0.1, 0.15) is 0 Å². The average molecular weight is 514 g/mol. The van der Waals surface area contributed by atoms with Crippen LogP contribution >= 0.6 is 11.3 Å². The predicted molar refractivity (Wildman–Crippen MR) is 155 cm³/mol. The van der Waals surface area contributed by atoms with E-state index in [1.165, 1.54) is 11.3 Å². The number of nitrogens with zero attached hydrogens (tertiary/aromatic N) is 1. The Labute approximate surface area is 219 Å². The minimum absolute atomic E-state index is 0.324. The Hall–Kier alpha value is -4.94. The molecule has 0 bridgehead atoms. The fourth-order valence-corrected chi connectivity index (χ4v) is 7.30. The van der Waals surface area contributed by atoms with Crippen molar-refractivity contribution in [1.29, 1.82) is 0 Å². The molecule has 0 saturated carbocycles. The van der Waals surface area contributed by atoms with E-state index in [9.17, 15) is 20.4 Å². The highest BCUT2D eigenvalue weighted by Gasteiger charge is 2.26. The van der Waals surface area contributed by atoms with E-state index in [-0.39, 0.29) is 0 Å². The highest BCUT2D eigenvalue weighted by Crippen LogP contribution is 2.56. The van der Waals surface area contributed by atoms with E-state index < -0.39 is 23.0 Å². The smallest absolute Gasteiger partial charge is 0.205 e. The van der Waals surface area contributed by atoms with Gasteiger partial charge in [-0.2, -0.15) is 0 Å². The largest absolute Gasteiger partial charge is 0.504 e. The number of phenolic OH excluding ortho intramolecular Hbond substituents is 4. The molecule has 2 aromatic heterocycles. The molecule has 0 aliphatic carbocycles. The molecule has 182 valence electrons. The minimum atomic E-state index is -0.724. The Kier molecular flexibility index (Phi) is 4.07. The number of hydrogen-bond acceptors (Lipinski definition) is 5. The number of benzene rings is 6. The summed E-state index contributed by atoms with van der Waals surface area (Å²) in [6.45, 7) is 0. The molecule has 0 radical (unpaired) electrons. The summed E-state index contributed by atoms with van der Waals surface area (Å²) in [7, 11) is 0. The molecule has 4 N–H and O–H groups in total. The van der Waals surface area contributed by atoms with Crippen LogP contribution in [0.4, 0.5) is 0 Å². The molecule has 6 heteroatoms. The van der Waals surface area contributed by atoms with Gasteiger partial charge in [-0.25, -0.2) is 0 Å². The van der Waals surface area contributed by atoms with Crippen LogP contribution in [0.3, 0.4) is 0 Å². The van der Waals surface area contributed by atoms with Gasteiger partial charge in [0, 0.05) is 31.9 Å². The van der Waals surface area contributed by atoms with E-state index >= 15 is 0 Å². The van der Waals surface area contributed by atoms with Crippen molar-refractivity contribution in [2.75, 3.05) is 0 Å². The molecule has 0 aliphatic heterocycles. The van der Waals surface area contributed by atoms with Crippen LogP contribution in [-0.2, 0) is 0 Å². The van der Waals surface area contributed by atoms with Crippen molar-refractivity contribution in [3.05, 3.63) is 91.0 Å². The van der Waals surface area contributed by atoms with E-state index in [1.54, 1.807) is 0 Å². The van der Waals surface area contributed by atoms with Crippen molar-refractivity contribution in [2.45, 2.75) is 0 Å². The van der Waals surface area contributed by atoms with Crippen LogP contribution in [0.15, 0.2) is 91.0 Å². The van der Waals surface area contributed by atoms with Gasteiger partial charge in [0.2, 0.25) is 11.5 Å². The molecule has 0 fully saturated rings. The molecule has 0 unspecified atom stereocenters. The average Bonchev–Trinajstić information content (AvgIpc) is 3.52. The lowest BCUT2D eigenvalue weighted by molar-refractivity contribution is 0.351. The molecule has 8 aromatic rings. The number of hydrogen-bond donors (Lipinski definition) is 4. The summed E-state index contributed by atoms with van der Waals surface area (Å²) in [4.78, 5) is 0. The molecule has 0 aliphatic rings. The molecule has 0 spiro atoms. The van der Waals surface area contributed by atoms with Crippen LogP contribution in [0.1, 0.15) is 0 Å². The van der Waals surface area contributed by atoms with Gasteiger partial charge in [0.15, 0.2) is 11.5 Å². The fraction of sp³-hybridized carbons (Fsp3) is 0. The van der Waals surface area contributed by atoms with Crippen molar-refractivity contribution in [3.8, 4) is 28.7 Å². The molecular formula is C32H19NO4S. The van der Waals surface area contributed by atoms with Gasteiger partial charge in [-0.05, 0) is 34.4 Å². The summed E-state index contributed by atoms with van der Waals surface area (Å²) >= 11 is 1.30. The Balaban J connectivity index is 1.74. The maximum atomic E-state index is 10.8. The van der Waals surface area contributed by atoms with Crippen LogP contribution < -0.4 is 0 Å². The number of para-hydroxylation sites is 1. The second-order valence-electron chi connectivity index (χ2n) is 9.52. The van der Waals surface area contributed by atoms with Crippen molar-refractivity contribution in [2.24, 2.45) is 0 Å². The van der Waals surface area contributed by atoms with Gasteiger partial charge in [-0.3, -0.25) is 0 Å². The van der Waals surface area contributed by atoms with E-state index in [0.29, 0.717) is 15.5 Å². The quantitative estimate of drug-likeness (QED) is 0.101. The highest BCUT2D eigenvalue weighted by molar-refractivity contribution is 7.27. The lowest BCUT2D eigenvalue weighted by Crippen LogP contribution is -1.94. The summed E-state index contributed by atoms with van der Waals surface area (Å²) in [5.41, 5.74) is 3.08. The van der Waals surface area contributed by atoms with Crippen LogP contribution in [-0.4, -0.2) is 25.0 Å². The second-order valence-corrected chi connectivity index (χ2v) is 10.5. The van der Waals surface area contributed by atoms with E-state index in [2.05, 4.69) is 53.1 Å². The van der Waals surface area contributed by atoms with Crippen LogP contribution in [0, 0.1) is 0 Å². The van der Waals surface area contributed by atoms with Gasteiger partial charge in [0.25, 0.3) is 0 Å². The van der Waals surface area contributed by atoms with Gasteiger partial charge >= 0.3 is 0 Å². The number of fused-ring (bicyclic) bond motifs is 12. The number of aromatic nitrogens is 1. The third kappa shape index (κ3) is 2.50. The molecular weight excluding hydrogens is 494 g/mol. The summed E-state index contributed by atoms with van der Waals surface area (Å²) in [5.74, 6) is -2.33. The molecule has 38 heavy (non-hydrogen) atoms. The first-order chi connectivity index (χ1) is 18.6. The van der Waals surface area contributed by atoms with Gasteiger partial charge in [0.05, 0.1) is 21.1 Å². The lowest BCUT2D eigenvalue weighted by Gasteiger charge is -2.12. The Bertz CT molecular complexity index is 2280.